The number of nitrogens with zero attached hydrogens (tertiary/aromatic N) is 2. The first-order valence-corrected chi connectivity index (χ1v) is 7.30. The second-order valence-electron chi connectivity index (χ2n) is 4.22. The third kappa shape index (κ3) is 3.63. The number of rotatable bonds is 7. The van der Waals surface area contributed by atoms with Crippen LogP contribution in [0, 0.1) is 0 Å². The third-order valence-corrected chi connectivity index (χ3v) is 4.72. The molecule has 0 unspecified atom stereocenters. The number of nitrogens with two attached hydrogens (primary N) is 1. The summed E-state index contributed by atoms with van der Waals surface area (Å²) in [5.74, 6) is 5.34. The zero-order valence-electron chi connectivity index (χ0n) is 11.3. The van der Waals surface area contributed by atoms with Gasteiger partial charge < -0.3 is 10.2 Å². The molecule has 1 aromatic rings. The molecule has 0 radical (unpaired) electrons. The maximum absolute atomic E-state index is 12.6. The molecule has 0 bridgehead atoms. The molecule has 0 saturated heterocycles. The van der Waals surface area contributed by atoms with Crippen molar-refractivity contribution < 1.29 is 13.2 Å². The number of hydrogen-bond acceptors (Lipinski definition) is 6. The highest BCUT2D eigenvalue weighted by Crippen LogP contribution is 2.24. The fraction of sp³-hybridized carbons (Fsp3) is 0.545. The Kier molecular flexibility index (Phi) is 5.67. The van der Waals surface area contributed by atoms with E-state index in [1.165, 1.54) is 29.9 Å². The number of methoxy groups -OCH3 is 1. The highest BCUT2D eigenvalue weighted by Gasteiger charge is 2.29. The van der Waals surface area contributed by atoms with Gasteiger partial charge in [0.15, 0.2) is 0 Å². The van der Waals surface area contributed by atoms with Crippen molar-refractivity contribution in [2.24, 2.45) is 5.84 Å². The minimum Gasteiger partial charge on any atom is -0.383 e. The molecule has 0 atom stereocenters. The van der Waals surface area contributed by atoms with Crippen LogP contribution in [-0.2, 0) is 14.8 Å². The summed E-state index contributed by atoms with van der Waals surface area (Å²) < 4.78 is 31.5. The largest absolute Gasteiger partial charge is 0.383 e. The molecule has 1 rings (SSSR count). The maximum atomic E-state index is 12.6. The standard InChI is InChI=1S/C11H20N4O3S/c1-9(2)15(6-7-18-3)19(16,17)11-8-13-5-4-10(11)14-12/h4-5,8-9H,6-7,12H2,1-3H3,(H,13,14). The zero-order valence-corrected chi connectivity index (χ0v) is 12.1. The van der Waals surface area contributed by atoms with E-state index >= 15 is 0 Å². The van der Waals surface area contributed by atoms with E-state index in [1.807, 2.05) is 0 Å². The number of hydrogen-bond donors (Lipinski definition) is 2. The molecule has 7 nitrogen and oxygen atoms in total. The summed E-state index contributed by atoms with van der Waals surface area (Å²) >= 11 is 0. The van der Waals surface area contributed by atoms with Gasteiger partial charge in [0, 0.05) is 32.1 Å². The van der Waals surface area contributed by atoms with Gasteiger partial charge in [-0.1, -0.05) is 0 Å². The van der Waals surface area contributed by atoms with E-state index < -0.39 is 10.0 Å². The van der Waals surface area contributed by atoms with Gasteiger partial charge in [0.05, 0.1) is 12.3 Å². The lowest BCUT2D eigenvalue weighted by molar-refractivity contribution is 0.171. The Balaban J connectivity index is 3.19. The van der Waals surface area contributed by atoms with E-state index in [0.717, 1.165) is 0 Å². The Morgan fingerprint density at radius 2 is 2.21 bits per heavy atom. The normalized spacial score (nSPS) is 12.1. The summed E-state index contributed by atoms with van der Waals surface area (Å²) in [6.45, 7) is 4.21. The van der Waals surface area contributed by atoms with Crippen LogP contribution in [0.15, 0.2) is 23.4 Å². The molecule has 0 amide bonds. The highest BCUT2D eigenvalue weighted by molar-refractivity contribution is 7.89. The van der Waals surface area contributed by atoms with Gasteiger partial charge in [-0.2, -0.15) is 4.31 Å². The fourth-order valence-electron chi connectivity index (χ4n) is 1.67. The van der Waals surface area contributed by atoms with E-state index in [-0.39, 0.29) is 17.5 Å². The van der Waals surface area contributed by atoms with Crippen LogP contribution in [-0.4, -0.2) is 44.0 Å². The van der Waals surface area contributed by atoms with Crippen molar-refractivity contribution in [1.29, 1.82) is 0 Å². The lowest BCUT2D eigenvalue weighted by Gasteiger charge is -2.26. The van der Waals surface area contributed by atoms with E-state index in [0.29, 0.717) is 12.3 Å². The van der Waals surface area contributed by atoms with Crippen LogP contribution in [0.2, 0.25) is 0 Å². The highest BCUT2D eigenvalue weighted by atomic mass is 32.2. The van der Waals surface area contributed by atoms with Gasteiger partial charge in [-0.25, -0.2) is 8.42 Å². The summed E-state index contributed by atoms with van der Waals surface area (Å²) in [4.78, 5) is 3.91. The average Bonchev–Trinajstić information content (AvgIpc) is 2.38. The average molecular weight is 288 g/mol. The van der Waals surface area contributed by atoms with Crippen molar-refractivity contribution in [1.82, 2.24) is 9.29 Å². The Labute approximate surface area is 113 Å². The second kappa shape index (κ2) is 6.80. The van der Waals surface area contributed by atoms with Crippen LogP contribution in [0.25, 0.3) is 0 Å². The Morgan fingerprint density at radius 3 is 2.74 bits per heavy atom. The summed E-state index contributed by atoms with van der Waals surface area (Å²) in [6, 6.07) is 1.33. The van der Waals surface area contributed by atoms with Gasteiger partial charge in [0.25, 0.3) is 0 Å². The van der Waals surface area contributed by atoms with Crippen LogP contribution in [0.3, 0.4) is 0 Å². The predicted octanol–water partition coefficient (Wildman–Crippen LogP) is 0.413. The third-order valence-electron chi connectivity index (χ3n) is 2.62. The molecule has 0 aliphatic rings. The Bertz CT molecular complexity index is 504. The molecule has 3 N–H and O–H groups in total. The molecule has 0 spiro atoms. The number of nitrogen functional groups attached to an aromatic ring is 1. The first kappa shape index (κ1) is 15.8. The number of anilines is 1. The molecular formula is C11H20N4O3S. The first-order valence-electron chi connectivity index (χ1n) is 5.86. The molecule has 0 saturated carbocycles. The van der Waals surface area contributed by atoms with Crippen LogP contribution in [0.4, 0.5) is 5.69 Å². The maximum Gasteiger partial charge on any atom is 0.247 e. The van der Waals surface area contributed by atoms with E-state index in [4.69, 9.17) is 10.6 Å². The molecule has 0 aliphatic carbocycles. The fourth-order valence-corrected chi connectivity index (χ4v) is 3.39. The smallest absolute Gasteiger partial charge is 0.247 e. The lowest BCUT2D eigenvalue weighted by Crippen LogP contribution is -2.39. The van der Waals surface area contributed by atoms with Crippen molar-refractivity contribution in [2.45, 2.75) is 24.8 Å². The molecule has 8 heteroatoms. The predicted molar refractivity (Wildman–Crippen MR) is 73.0 cm³/mol. The monoisotopic (exact) mass is 288 g/mol. The molecule has 19 heavy (non-hydrogen) atoms. The van der Waals surface area contributed by atoms with Gasteiger partial charge in [-0.05, 0) is 19.9 Å². The molecule has 1 heterocycles. The van der Waals surface area contributed by atoms with E-state index in [2.05, 4.69) is 10.4 Å². The summed E-state index contributed by atoms with van der Waals surface area (Å²) in [6.07, 6.45) is 2.76. The van der Waals surface area contributed by atoms with Crippen LogP contribution in [0.5, 0.6) is 0 Å². The zero-order chi connectivity index (χ0) is 14.5. The summed E-state index contributed by atoms with van der Waals surface area (Å²) in [7, 11) is -2.14. The number of aromatic nitrogens is 1. The number of pyridine rings is 1. The van der Waals surface area contributed by atoms with E-state index in [1.54, 1.807) is 13.8 Å². The quantitative estimate of drug-likeness (QED) is 0.557. The molecule has 1 aromatic heterocycles. The van der Waals surface area contributed by atoms with Crippen molar-refractivity contribution in [2.75, 3.05) is 25.7 Å². The van der Waals surface area contributed by atoms with Crippen molar-refractivity contribution in [3.63, 3.8) is 0 Å². The number of hydrazine groups is 1. The SMILES string of the molecule is COCCN(C(C)C)S(=O)(=O)c1cnccc1NN. The van der Waals surface area contributed by atoms with E-state index in [9.17, 15) is 8.42 Å². The first-order chi connectivity index (χ1) is 8.95. The number of nitrogens with one attached hydrogen (secondary N) is 1. The van der Waals surface area contributed by atoms with Crippen LogP contribution in [0.1, 0.15) is 13.8 Å². The van der Waals surface area contributed by atoms with Crippen molar-refractivity contribution >= 4 is 15.7 Å². The molecule has 0 fully saturated rings. The van der Waals surface area contributed by atoms with Crippen LogP contribution < -0.4 is 11.3 Å². The minimum absolute atomic E-state index is 0.0577. The molecule has 0 aliphatic heterocycles. The van der Waals surface area contributed by atoms with Gasteiger partial charge in [0.1, 0.15) is 4.90 Å². The molecular weight excluding hydrogens is 268 g/mol. The topological polar surface area (TPSA) is 97.5 Å². The van der Waals surface area contributed by atoms with Crippen molar-refractivity contribution in [3.05, 3.63) is 18.5 Å². The number of ether oxygens (including phenoxy) is 1. The molecule has 0 aromatic carbocycles. The van der Waals surface area contributed by atoms with Gasteiger partial charge >= 0.3 is 0 Å². The lowest BCUT2D eigenvalue weighted by atomic mass is 10.4. The van der Waals surface area contributed by atoms with Gasteiger partial charge in [-0.15, -0.1) is 0 Å². The summed E-state index contributed by atoms with van der Waals surface area (Å²) in [5, 5.41) is 0. The Morgan fingerprint density at radius 1 is 1.53 bits per heavy atom. The summed E-state index contributed by atoms with van der Waals surface area (Å²) in [5.41, 5.74) is 2.69. The van der Waals surface area contributed by atoms with Crippen molar-refractivity contribution in [3.8, 4) is 0 Å². The Hall–Kier alpha value is -1.22. The van der Waals surface area contributed by atoms with Gasteiger partial charge in [0.2, 0.25) is 10.0 Å². The second-order valence-corrected chi connectivity index (χ2v) is 6.08. The van der Waals surface area contributed by atoms with Crippen LogP contribution >= 0.6 is 0 Å². The molecule has 108 valence electrons. The minimum atomic E-state index is -3.67. The number of sulfonamides is 1. The van der Waals surface area contributed by atoms with Gasteiger partial charge in [-0.3, -0.25) is 10.8 Å².